The minimum Gasteiger partial charge on any atom is -0.428 e. The van der Waals surface area contributed by atoms with Gasteiger partial charge in [-0.1, -0.05) is 6.92 Å². The molecular weight excluding hydrogens is 453 g/mol. The van der Waals surface area contributed by atoms with Gasteiger partial charge in [-0.25, -0.2) is 13.8 Å². The summed E-state index contributed by atoms with van der Waals surface area (Å²) in [4.78, 5) is 28.0. The van der Waals surface area contributed by atoms with E-state index in [9.17, 15) is 36.7 Å². The Hall–Kier alpha value is -3.25. The second-order valence-electron chi connectivity index (χ2n) is 8.95. The number of halogens is 5. The van der Waals surface area contributed by atoms with Crippen LogP contribution in [0.1, 0.15) is 70.8 Å². The summed E-state index contributed by atoms with van der Waals surface area (Å²) in [6.45, 7) is 1.19. The average molecular weight is 473 g/mol. The number of alkyl halides is 5. The molecule has 0 aromatic carbocycles. The molecule has 0 atom stereocenters. The zero-order chi connectivity index (χ0) is 24.3. The van der Waals surface area contributed by atoms with Crippen molar-refractivity contribution in [1.82, 2.24) is 14.5 Å². The predicted molar refractivity (Wildman–Crippen MR) is 102 cm³/mol. The zero-order valence-corrected chi connectivity index (χ0v) is 17.4. The van der Waals surface area contributed by atoms with Crippen LogP contribution in [-0.2, 0) is 12.7 Å². The molecule has 8 nitrogen and oxygen atoms in total. The van der Waals surface area contributed by atoms with E-state index in [1.165, 1.54) is 6.92 Å². The van der Waals surface area contributed by atoms with Crippen molar-refractivity contribution in [3.05, 3.63) is 46.3 Å². The third kappa shape index (κ3) is 4.48. The van der Waals surface area contributed by atoms with E-state index < -0.39 is 65.0 Å². The van der Waals surface area contributed by atoms with Crippen LogP contribution in [0.2, 0.25) is 0 Å². The Balaban J connectivity index is 1.83. The molecule has 2 fully saturated rings. The molecule has 2 heterocycles. The molecule has 2 aliphatic rings. The summed E-state index contributed by atoms with van der Waals surface area (Å²) in [6, 6.07) is 2.03. The summed E-state index contributed by atoms with van der Waals surface area (Å²) >= 11 is 0. The molecule has 2 saturated carbocycles. The number of nitrogens with zero attached hydrogens (tertiary/aromatic N) is 4. The van der Waals surface area contributed by atoms with Crippen molar-refractivity contribution in [2.45, 2.75) is 57.2 Å². The Kier molecular flexibility index (Phi) is 5.13. The van der Waals surface area contributed by atoms with Crippen LogP contribution in [0.15, 0.2) is 23.3 Å². The Morgan fingerprint density at radius 2 is 1.94 bits per heavy atom. The largest absolute Gasteiger partial charge is 0.428 e. The van der Waals surface area contributed by atoms with Crippen LogP contribution in [0, 0.1) is 5.41 Å². The highest BCUT2D eigenvalue weighted by molar-refractivity contribution is 5.95. The summed E-state index contributed by atoms with van der Waals surface area (Å²) in [6.07, 6.45) is -4.12. The molecule has 0 bridgehead atoms. The van der Waals surface area contributed by atoms with Crippen molar-refractivity contribution >= 4 is 11.8 Å². The summed E-state index contributed by atoms with van der Waals surface area (Å²) in [5, 5.41) is 13.4. The van der Waals surface area contributed by atoms with Crippen molar-refractivity contribution in [1.29, 1.82) is 0 Å². The molecule has 0 saturated heterocycles. The first-order valence-corrected chi connectivity index (χ1v) is 10.1. The number of hydrogen-bond acceptors (Lipinski definition) is 4. The number of primary amides is 1. The topological polar surface area (TPSA) is 116 Å². The fourth-order valence-electron chi connectivity index (χ4n) is 4.31. The SMILES string of the molecule is CC1(Cn2nc(C3CC3)c(C(F)(F)F)c2C(=O)N=c2ccn(O)c(C(N)=O)c2)CC(F)(F)C1. The number of rotatable bonds is 5. The van der Waals surface area contributed by atoms with E-state index in [0.717, 1.165) is 23.0 Å². The number of carbonyl (C=O) groups is 2. The normalized spacial score (nSPS) is 19.9. The first-order chi connectivity index (χ1) is 15.2. The Morgan fingerprint density at radius 3 is 2.45 bits per heavy atom. The molecular formula is C20H20F5N5O3. The van der Waals surface area contributed by atoms with Crippen molar-refractivity contribution < 1.29 is 36.7 Å². The molecule has 2 aromatic heterocycles. The number of aromatic nitrogens is 3. The molecule has 0 unspecified atom stereocenters. The molecule has 178 valence electrons. The van der Waals surface area contributed by atoms with Crippen molar-refractivity contribution in [2.24, 2.45) is 16.1 Å². The van der Waals surface area contributed by atoms with Gasteiger partial charge < -0.3 is 10.9 Å². The van der Waals surface area contributed by atoms with Crippen LogP contribution < -0.4 is 11.1 Å². The van der Waals surface area contributed by atoms with Crippen molar-refractivity contribution in [2.75, 3.05) is 0 Å². The van der Waals surface area contributed by atoms with E-state index in [1.54, 1.807) is 0 Å². The van der Waals surface area contributed by atoms with E-state index in [0.29, 0.717) is 17.6 Å². The predicted octanol–water partition coefficient (Wildman–Crippen LogP) is 3.09. The van der Waals surface area contributed by atoms with E-state index in [2.05, 4.69) is 10.1 Å². The summed E-state index contributed by atoms with van der Waals surface area (Å²) in [5.74, 6) is -5.76. The molecule has 13 heteroatoms. The van der Waals surface area contributed by atoms with E-state index in [-0.39, 0.29) is 17.6 Å². The first-order valence-electron chi connectivity index (χ1n) is 10.1. The Morgan fingerprint density at radius 1 is 1.30 bits per heavy atom. The van der Waals surface area contributed by atoms with Gasteiger partial charge in [0.15, 0.2) is 0 Å². The fraction of sp³-hybridized carbons (Fsp3) is 0.500. The lowest BCUT2D eigenvalue weighted by molar-refractivity contribution is -0.160. The molecule has 2 amide bonds. The van der Waals surface area contributed by atoms with Gasteiger partial charge in [0, 0.05) is 31.5 Å². The number of carbonyl (C=O) groups excluding carboxylic acids is 2. The van der Waals surface area contributed by atoms with E-state index >= 15 is 0 Å². The van der Waals surface area contributed by atoms with Crippen LogP contribution in [0.5, 0.6) is 0 Å². The number of pyridine rings is 1. The smallest absolute Gasteiger partial charge is 0.420 e. The molecule has 3 N–H and O–H groups in total. The summed E-state index contributed by atoms with van der Waals surface area (Å²) in [7, 11) is 0. The maximum absolute atomic E-state index is 14.0. The van der Waals surface area contributed by atoms with Crippen LogP contribution in [0.4, 0.5) is 22.0 Å². The van der Waals surface area contributed by atoms with Gasteiger partial charge in [0.25, 0.3) is 11.8 Å². The molecule has 0 aliphatic heterocycles. The minimum absolute atomic E-state index is 0.227. The molecule has 0 radical (unpaired) electrons. The molecule has 0 spiro atoms. The maximum atomic E-state index is 14.0. The first kappa shape index (κ1) is 22.9. The van der Waals surface area contributed by atoms with Crippen LogP contribution >= 0.6 is 0 Å². The summed E-state index contributed by atoms with van der Waals surface area (Å²) < 4.78 is 70.2. The van der Waals surface area contributed by atoms with Gasteiger partial charge in [0.2, 0.25) is 5.92 Å². The number of amides is 2. The van der Waals surface area contributed by atoms with Gasteiger partial charge in [0.05, 0.1) is 11.1 Å². The highest BCUT2D eigenvalue weighted by Gasteiger charge is 2.55. The highest BCUT2D eigenvalue weighted by Crippen LogP contribution is 2.53. The Labute approximate surface area is 183 Å². The fourth-order valence-corrected chi connectivity index (χ4v) is 4.31. The maximum Gasteiger partial charge on any atom is 0.420 e. The van der Waals surface area contributed by atoms with Gasteiger partial charge in [-0.3, -0.25) is 14.3 Å². The third-order valence-electron chi connectivity index (χ3n) is 5.73. The van der Waals surface area contributed by atoms with Gasteiger partial charge in [-0.15, -0.1) is 0 Å². The lowest BCUT2D eigenvalue weighted by Crippen LogP contribution is -2.47. The van der Waals surface area contributed by atoms with Gasteiger partial charge in [0.1, 0.15) is 17.0 Å². The van der Waals surface area contributed by atoms with Crippen LogP contribution in [0.3, 0.4) is 0 Å². The lowest BCUT2D eigenvalue weighted by Gasteiger charge is -2.44. The number of nitrogens with two attached hydrogens (primary N) is 1. The summed E-state index contributed by atoms with van der Waals surface area (Å²) in [5.41, 5.74) is 1.26. The van der Waals surface area contributed by atoms with E-state index in [4.69, 9.17) is 5.73 Å². The van der Waals surface area contributed by atoms with Crippen LogP contribution in [0.25, 0.3) is 0 Å². The minimum atomic E-state index is -4.93. The lowest BCUT2D eigenvalue weighted by atomic mass is 9.67. The molecule has 2 aliphatic carbocycles. The monoisotopic (exact) mass is 473 g/mol. The third-order valence-corrected chi connectivity index (χ3v) is 5.73. The zero-order valence-electron chi connectivity index (χ0n) is 17.4. The second-order valence-corrected chi connectivity index (χ2v) is 8.95. The molecule has 33 heavy (non-hydrogen) atoms. The van der Waals surface area contributed by atoms with Crippen molar-refractivity contribution in [3.63, 3.8) is 0 Å². The van der Waals surface area contributed by atoms with Crippen molar-refractivity contribution in [3.8, 4) is 0 Å². The van der Waals surface area contributed by atoms with Crippen LogP contribution in [-0.4, -0.2) is 37.5 Å². The quantitative estimate of drug-likeness (QED) is 0.513. The average Bonchev–Trinajstić information content (AvgIpc) is 3.41. The highest BCUT2D eigenvalue weighted by atomic mass is 19.4. The van der Waals surface area contributed by atoms with Gasteiger partial charge >= 0.3 is 6.18 Å². The number of hydrogen-bond donors (Lipinski definition) is 2. The standard InChI is InChI=1S/C20H20F5N5O3/c1-18(7-19(21,22)8-18)9-29-15(13(20(23,24)25)14(28-29)10-2-3-10)17(32)27-11-4-5-30(33)12(6-11)16(26)31/h4-6,10,33H,2-3,7-9H2,1H3,(H2,26,31). The van der Waals surface area contributed by atoms with Gasteiger partial charge in [-0.2, -0.15) is 23.0 Å². The molecule has 4 rings (SSSR count). The second kappa shape index (κ2) is 7.39. The Bertz CT molecular complexity index is 1200. The molecule has 2 aromatic rings. The van der Waals surface area contributed by atoms with Gasteiger partial charge in [-0.05, 0) is 30.4 Å². The van der Waals surface area contributed by atoms with E-state index in [1.807, 2.05) is 0 Å².